The largest absolute Gasteiger partial charge is 0.452 e. The van der Waals surface area contributed by atoms with Crippen LogP contribution in [0.25, 0.3) is 0 Å². The molecule has 0 aliphatic rings. The number of ether oxygens (including phenoxy) is 1. The van der Waals surface area contributed by atoms with Crippen molar-refractivity contribution in [2.75, 3.05) is 11.9 Å². The molecule has 162 valence electrons. The molecule has 0 saturated heterocycles. The van der Waals surface area contributed by atoms with E-state index in [0.29, 0.717) is 29.5 Å². The number of halogens is 1. The number of aromatic nitrogens is 4. The van der Waals surface area contributed by atoms with E-state index < -0.39 is 18.5 Å². The topological polar surface area (TPSA) is 91.0 Å². The quantitative estimate of drug-likeness (QED) is 0.415. The molecule has 0 radical (unpaired) electrons. The lowest BCUT2D eigenvalue weighted by Crippen LogP contribution is -2.22. The molecule has 0 aliphatic carbocycles. The summed E-state index contributed by atoms with van der Waals surface area (Å²) < 4.78 is 8.54. The van der Waals surface area contributed by atoms with E-state index in [1.54, 1.807) is 46.0 Å². The third-order valence-electron chi connectivity index (χ3n) is 4.69. The number of anilines is 1. The SMILES string of the molecule is O=C(COC(=O)c1ccc(Cn2cccn2)cc1)Nc1ccnn1Cc1ccccc1Cl. The first kappa shape index (κ1) is 21.3. The lowest BCUT2D eigenvalue weighted by molar-refractivity contribution is -0.119. The van der Waals surface area contributed by atoms with E-state index in [9.17, 15) is 9.59 Å². The average Bonchev–Trinajstić information content (AvgIpc) is 3.46. The van der Waals surface area contributed by atoms with E-state index in [-0.39, 0.29) is 0 Å². The molecule has 0 bridgehead atoms. The zero-order valence-corrected chi connectivity index (χ0v) is 17.8. The Labute approximate surface area is 189 Å². The van der Waals surface area contributed by atoms with Crippen molar-refractivity contribution in [3.05, 3.63) is 101 Å². The number of esters is 1. The lowest BCUT2D eigenvalue weighted by atomic mass is 10.1. The fraction of sp³-hybridized carbons (Fsp3) is 0.130. The minimum absolute atomic E-state index is 0.366. The number of rotatable bonds is 8. The molecule has 0 unspecified atom stereocenters. The molecule has 0 atom stereocenters. The number of hydrogen-bond acceptors (Lipinski definition) is 5. The number of carbonyl (C=O) groups is 2. The molecular formula is C23H20ClN5O3. The van der Waals surface area contributed by atoms with Crippen LogP contribution in [-0.4, -0.2) is 38.0 Å². The zero-order chi connectivity index (χ0) is 22.3. The van der Waals surface area contributed by atoms with Crippen LogP contribution in [0.4, 0.5) is 5.82 Å². The number of nitrogens with one attached hydrogen (secondary N) is 1. The summed E-state index contributed by atoms with van der Waals surface area (Å²) in [5.74, 6) is -0.557. The summed E-state index contributed by atoms with van der Waals surface area (Å²) >= 11 is 6.20. The predicted molar refractivity (Wildman–Crippen MR) is 119 cm³/mol. The van der Waals surface area contributed by atoms with E-state index in [4.69, 9.17) is 16.3 Å². The van der Waals surface area contributed by atoms with Crippen molar-refractivity contribution in [2.24, 2.45) is 0 Å². The highest BCUT2D eigenvalue weighted by atomic mass is 35.5. The maximum Gasteiger partial charge on any atom is 0.338 e. The van der Waals surface area contributed by atoms with Gasteiger partial charge in [0, 0.05) is 23.5 Å². The van der Waals surface area contributed by atoms with Crippen molar-refractivity contribution < 1.29 is 14.3 Å². The number of benzene rings is 2. The van der Waals surface area contributed by atoms with Gasteiger partial charge in [-0.25, -0.2) is 9.48 Å². The summed E-state index contributed by atoms with van der Waals surface area (Å²) in [6.45, 7) is 0.588. The standard InChI is InChI=1S/C23H20ClN5O3/c24-20-5-2-1-4-19(20)15-29-21(10-12-26-29)27-22(30)16-32-23(31)18-8-6-17(7-9-18)14-28-13-3-11-25-28/h1-13H,14-16H2,(H,27,30). The highest BCUT2D eigenvalue weighted by Crippen LogP contribution is 2.18. The predicted octanol–water partition coefficient (Wildman–Crippen LogP) is 3.63. The third kappa shape index (κ3) is 5.41. The van der Waals surface area contributed by atoms with E-state index in [2.05, 4.69) is 15.5 Å². The molecule has 4 aromatic rings. The van der Waals surface area contributed by atoms with Crippen LogP contribution in [0.1, 0.15) is 21.5 Å². The first-order chi connectivity index (χ1) is 15.6. The van der Waals surface area contributed by atoms with Crippen LogP contribution in [0.5, 0.6) is 0 Å². The van der Waals surface area contributed by atoms with Crippen LogP contribution in [0, 0.1) is 0 Å². The van der Waals surface area contributed by atoms with Gasteiger partial charge in [0.25, 0.3) is 5.91 Å². The average molecular weight is 450 g/mol. The summed E-state index contributed by atoms with van der Waals surface area (Å²) in [6, 6.07) is 17.9. The molecule has 2 aromatic carbocycles. The molecule has 2 aromatic heterocycles. The van der Waals surface area contributed by atoms with E-state index in [1.807, 2.05) is 42.6 Å². The van der Waals surface area contributed by atoms with Gasteiger partial charge >= 0.3 is 5.97 Å². The van der Waals surface area contributed by atoms with Gasteiger partial charge in [-0.2, -0.15) is 10.2 Å². The normalized spacial score (nSPS) is 10.7. The number of amides is 1. The molecule has 9 heteroatoms. The van der Waals surface area contributed by atoms with Gasteiger partial charge < -0.3 is 10.1 Å². The van der Waals surface area contributed by atoms with Gasteiger partial charge in [0.15, 0.2) is 6.61 Å². The first-order valence-corrected chi connectivity index (χ1v) is 10.2. The minimum atomic E-state index is -0.574. The van der Waals surface area contributed by atoms with Crippen LogP contribution in [-0.2, 0) is 22.6 Å². The van der Waals surface area contributed by atoms with E-state index in [0.717, 1.165) is 11.1 Å². The van der Waals surface area contributed by atoms with E-state index >= 15 is 0 Å². The molecule has 32 heavy (non-hydrogen) atoms. The van der Waals surface area contributed by atoms with Crippen LogP contribution in [0.15, 0.2) is 79.3 Å². The second-order valence-corrected chi connectivity index (χ2v) is 7.40. The Bertz CT molecular complexity index is 1200. The van der Waals surface area contributed by atoms with Crippen LogP contribution >= 0.6 is 11.6 Å². The molecule has 8 nitrogen and oxygen atoms in total. The minimum Gasteiger partial charge on any atom is -0.452 e. The highest BCUT2D eigenvalue weighted by Gasteiger charge is 2.13. The Balaban J connectivity index is 1.29. The van der Waals surface area contributed by atoms with Crippen LogP contribution in [0.3, 0.4) is 0 Å². The van der Waals surface area contributed by atoms with Crippen molar-refractivity contribution in [2.45, 2.75) is 13.1 Å². The molecular weight excluding hydrogens is 430 g/mol. The molecule has 2 heterocycles. The molecule has 0 fully saturated rings. The Morgan fingerprint density at radius 3 is 2.50 bits per heavy atom. The van der Waals surface area contributed by atoms with Gasteiger partial charge in [-0.05, 0) is 35.4 Å². The summed E-state index contributed by atoms with van der Waals surface area (Å²) in [5.41, 5.74) is 2.23. The smallest absolute Gasteiger partial charge is 0.338 e. The van der Waals surface area contributed by atoms with Gasteiger partial charge in [0.1, 0.15) is 5.82 Å². The maximum atomic E-state index is 12.3. The van der Waals surface area contributed by atoms with Crippen molar-refractivity contribution >= 4 is 29.3 Å². The van der Waals surface area contributed by atoms with Gasteiger partial charge in [0.05, 0.1) is 24.8 Å². The fourth-order valence-electron chi connectivity index (χ4n) is 3.07. The Morgan fingerprint density at radius 2 is 1.75 bits per heavy atom. The Hall–Kier alpha value is -3.91. The highest BCUT2D eigenvalue weighted by molar-refractivity contribution is 6.31. The molecule has 0 spiro atoms. The zero-order valence-electron chi connectivity index (χ0n) is 17.0. The summed E-state index contributed by atoms with van der Waals surface area (Å²) in [6.07, 6.45) is 5.14. The summed E-state index contributed by atoms with van der Waals surface area (Å²) in [7, 11) is 0. The second kappa shape index (κ2) is 9.93. The fourth-order valence-corrected chi connectivity index (χ4v) is 3.27. The monoisotopic (exact) mass is 449 g/mol. The van der Waals surface area contributed by atoms with Crippen molar-refractivity contribution in [1.29, 1.82) is 0 Å². The van der Waals surface area contributed by atoms with Crippen LogP contribution in [0.2, 0.25) is 5.02 Å². The third-order valence-corrected chi connectivity index (χ3v) is 5.06. The number of hydrogen-bond donors (Lipinski definition) is 1. The van der Waals surface area contributed by atoms with Gasteiger partial charge in [-0.1, -0.05) is 41.9 Å². The number of carbonyl (C=O) groups excluding carboxylic acids is 2. The molecule has 4 rings (SSSR count). The maximum absolute atomic E-state index is 12.3. The van der Waals surface area contributed by atoms with Gasteiger partial charge in [-0.15, -0.1) is 0 Å². The van der Waals surface area contributed by atoms with Gasteiger partial charge in [-0.3, -0.25) is 9.48 Å². The Kier molecular flexibility index (Phi) is 6.62. The number of nitrogens with zero attached hydrogens (tertiary/aromatic N) is 4. The molecule has 0 aliphatic heterocycles. The van der Waals surface area contributed by atoms with Gasteiger partial charge in [0.2, 0.25) is 0 Å². The van der Waals surface area contributed by atoms with Crippen molar-refractivity contribution in [3.63, 3.8) is 0 Å². The molecule has 1 N–H and O–H groups in total. The lowest BCUT2D eigenvalue weighted by Gasteiger charge is -2.10. The molecule has 1 amide bonds. The second-order valence-electron chi connectivity index (χ2n) is 6.99. The van der Waals surface area contributed by atoms with Crippen molar-refractivity contribution in [1.82, 2.24) is 19.6 Å². The first-order valence-electron chi connectivity index (χ1n) is 9.87. The van der Waals surface area contributed by atoms with Crippen molar-refractivity contribution in [3.8, 4) is 0 Å². The Morgan fingerprint density at radius 1 is 0.938 bits per heavy atom. The molecule has 0 saturated carbocycles. The summed E-state index contributed by atoms with van der Waals surface area (Å²) in [4.78, 5) is 24.6. The summed E-state index contributed by atoms with van der Waals surface area (Å²) in [5, 5.41) is 11.7. The van der Waals surface area contributed by atoms with E-state index in [1.165, 1.54) is 0 Å². The van der Waals surface area contributed by atoms with Crippen LogP contribution < -0.4 is 5.32 Å².